The van der Waals surface area contributed by atoms with E-state index in [1.54, 1.807) is 0 Å². The topological polar surface area (TPSA) is 29.9 Å². The lowest BCUT2D eigenvalue weighted by molar-refractivity contribution is 0.582. The van der Waals surface area contributed by atoms with E-state index in [4.69, 9.17) is 0 Å². The fourth-order valence-corrected chi connectivity index (χ4v) is 1.69. The predicted molar refractivity (Wildman–Crippen MR) is 57.2 cm³/mol. The Hall–Kier alpha value is -0.830. The molecule has 3 heteroatoms. The van der Waals surface area contributed by atoms with Crippen LogP contribution >= 0.6 is 0 Å². The van der Waals surface area contributed by atoms with Gasteiger partial charge >= 0.3 is 0 Å². The third-order valence-corrected chi connectivity index (χ3v) is 2.67. The van der Waals surface area contributed by atoms with Crippen molar-refractivity contribution in [3.05, 3.63) is 17.7 Å². The molecule has 1 aliphatic rings. The summed E-state index contributed by atoms with van der Waals surface area (Å²) in [5.41, 5.74) is 1.17. The number of hydrogen-bond donors (Lipinski definition) is 1. The highest BCUT2D eigenvalue weighted by atomic mass is 15.1. The molecule has 1 aliphatic carbocycles. The molecule has 1 aromatic rings. The first-order valence-electron chi connectivity index (χ1n) is 5.44. The van der Waals surface area contributed by atoms with Crippen LogP contribution < -0.4 is 5.32 Å². The summed E-state index contributed by atoms with van der Waals surface area (Å²) < 4.78 is 2.23. The lowest BCUT2D eigenvalue weighted by Crippen LogP contribution is -2.15. The lowest BCUT2D eigenvalue weighted by atomic mass is 10.4. The maximum absolute atomic E-state index is 4.53. The van der Waals surface area contributed by atoms with Crippen molar-refractivity contribution >= 4 is 0 Å². The van der Waals surface area contributed by atoms with E-state index in [0.717, 1.165) is 18.4 Å². The Morgan fingerprint density at radius 2 is 2.29 bits per heavy atom. The summed E-state index contributed by atoms with van der Waals surface area (Å²) in [7, 11) is 0. The zero-order valence-corrected chi connectivity index (χ0v) is 9.25. The first-order valence-corrected chi connectivity index (χ1v) is 5.44. The van der Waals surface area contributed by atoms with Crippen LogP contribution in [0.15, 0.2) is 6.20 Å². The summed E-state index contributed by atoms with van der Waals surface area (Å²) in [5.74, 6) is 1.12. The smallest absolute Gasteiger partial charge is 0.106 e. The molecule has 0 spiro atoms. The molecule has 1 N–H and O–H groups in total. The van der Waals surface area contributed by atoms with E-state index in [0.29, 0.717) is 6.04 Å². The Kier molecular flexibility index (Phi) is 2.59. The average molecular weight is 193 g/mol. The van der Waals surface area contributed by atoms with E-state index in [1.807, 2.05) is 0 Å². The maximum atomic E-state index is 4.53. The summed E-state index contributed by atoms with van der Waals surface area (Å²) in [5, 5.41) is 3.48. The van der Waals surface area contributed by atoms with Gasteiger partial charge in [0.25, 0.3) is 0 Å². The normalized spacial score (nSPS) is 16.6. The Labute approximate surface area is 85.5 Å². The van der Waals surface area contributed by atoms with Gasteiger partial charge in [-0.1, -0.05) is 0 Å². The quantitative estimate of drug-likeness (QED) is 0.793. The zero-order chi connectivity index (χ0) is 10.1. The van der Waals surface area contributed by atoms with Crippen molar-refractivity contribution in [2.24, 2.45) is 0 Å². The van der Waals surface area contributed by atoms with Gasteiger partial charge < -0.3 is 9.88 Å². The molecule has 0 atom stereocenters. The van der Waals surface area contributed by atoms with Gasteiger partial charge in [0.05, 0.1) is 5.69 Å². The van der Waals surface area contributed by atoms with Crippen LogP contribution in [0.3, 0.4) is 0 Å². The van der Waals surface area contributed by atoms with E-state index >= 15 is 0 Å². The monoisotopic (exact) mass is 193 g/mol. The van der Waals surface area contributed by atoms with Gasteiger partial charge in [-0.3, -0.25) is 0 Å². The predicted octanol–water partition coefficient (Wildman–Crippen LogP) is 2.02. The second kappa shape index (κ2) is 3.73. The zero-order valence-electron chi connectivity index (χ0n) is 9.25. The van der Waals surface area contributed by atoms with Crippen LogP contribution in [-0.2, 0) is 6.54 Å². The minimum atomic E-state index is 0.511. The standard InChI is InChI=1S/C11H19N3/c1-8(2)14-7-11(13-9(14)3)6-12-10-4-5-10/h7-8,10,12H,4-6H2,1-3H3. The molecule has 1 saturated carbocycles. The third kappa shape index (κ3) is 2.15. The molecule has 0 saturated heterocycles. The number of nitrogens with zero attached hydrogens (tertiary/aromatic N) is 2. The van der Waals surface area contributed by atoms with E-state index in [-0.39, 0.29) is 0 Å². The van der Waals surface area contributed by atoms with E-state index < -0.39 is 0 Å². The van der Waals surface area contributed by atoms with Gasteiger partial charge in [-0.05, 0) is 33.6 Å². The van der Waals surface area contributed by atoms with Gasteiger partial charge in [0.2, 0.25) is 0 Å². The Balaban J connectivity index is 1.99. The number of aryl methyl sites for hydroxylation is 1. The summed E-state index contributed by atoms with van der Waals surface area (Å²) in [6, 6.07) is 1.27. The number of rotatable bonds is 4. The molecular formula is C11H19N3. The van der Waals surface area contributed by atoms with Gasteiger partial charge in [-0.15, -0.1) is 0 Å². The second-order valence-electron chi connectivity index (χ2n) is 4.44. The highest BCUT2D eigenvalue weighted by Gasteiger charge is 2.20. The van der Waals surface area contributed by atoms with Crippen molar-refractivity contribution in [2.75, 3.05) is 0 Å². The van der Waals surface area contributed by atoms with Crippen LogP contribution in [0.2, 0.25) is 0 Å². The van der Waals surface area contributed by atoms with Crippen molar-refractivity contribution in [3.8, 4) is 0 Å². The molecular weight excluding hydrogens is 174 g/mol. The van der Waals surface area contributed by atoms with Crippen LogP contribution in [0.4, 0.5) is 0 Å². The van der Waals surface area contributed by atoms with Gasteiger partial charge in [-0.2, -0.15) is 0 Å². The first kappa shape index (κ1) is 9.71. The van der Waals surface area contributed by atoms with E-state index in [9.17, 15) is 0 Å². The van der Waals surface area contributed by atoms with Gasteiger partial charge in [0.1, 0.15) is 5.82 Å². The van der Waals surface area contributed by atoms with Crippen LogP contribution in [0.1, 0.15) is 44.2 Å². The van der Waals surface area contributed by atoms with Crippen molar-refractivity contribution in [1.29, 1.82) is 0 Å². The highest BCUT2D eigenvalue weighted by molar-refractivity contribution is 5.04. The first-order chi connectivity index (χ1) is 6.66. The molecule has 78 valence electrons. The largest absolute Gasteiger partial charge is 0.332 e. The van der Waals surface area contributed by atoms with Gasteiger partial charge in [0.15, 0.2) is 0 Å². The number of hydrogen-bond acceptors (Lipinski definition) is 2. The number of imidazole rings is 1. The fourth-order valence-electron chi connectivity index (χ4n) is 1.69. The van der Waals surface area contributed by atoms with Crippen molar-refractivity contribution < 1.29 is 0 Å². The SMILES string of the molecule is Cc1nc(CNC2CC2)cn1C(C)C. The van der Waals surface area contributed by atoms with Crippen LogP contribution in [0, 0.1) is 6.92 Å². The molecule has 3 nitrogen and oxygen atoms in total. The molecule has 0 unspecified atom stereocenters. The fraction of sp³-hybridized carbons (Fsp3) is 0.727. The summed E-state index contributed by atoms with van der Waals surface area (Å²) in [6.07, 6.45) is 4.84. The molecule has 0 radical (unpaired) electrons. The minimum absolute atomic E-state index is 0.511. The van der Waals surface area contributed by atoms with E-state index in [1.165, 1.54) is 18.5 Å². The van der Waals surface area contributed by atoms with Gasteiger partial charge in [0, 0.05) is 24.8 Å². The molecule has 0 amide bonds. The molecule has 2 rings (SSSR count). The molecule has 1 fully saturated rings. The maximum Gasteiger partial charge on any atom is 0.106 e. The van der Waals surface area contributed by atoms with Crippen LogP contribution in [0.5, 0.6) is 0 Å². The van der Waals surface area contributed by atoms with E-state index in [2.05, 4.69) is 41.8 Å². The Morgan fingerprint density at radius 1 is 1.57 bits per heavy atom. The lowest BCUT2D eigenvalue weighted by Gasteiger charge is -2.07. The molecule has 1 aromatic heterocycles. The third-order valence-electron chi connectivity index (χ3n) is 2.67. The minimum Gasteiger partial charge on any atom is -0.332 e. The molecule has 0 aliphatic heterocycles. The Morgan fingerprint density at radius 3 is 2.79 bits per heavy atom. The number of nitrogens with one attached hydrogen (secondary N) is 1. The molecule has 1 heterocycles. The van der Waals surface area contributed by atoms with Crippen molar-refractivity contribution in [1.82, 2.24) is 14.9 Å². The van der Waals surface area contributed by atoms with Crippen molar-refractivity contribution in [2.45, 2.75) is 52.2 Å². The van der Waals surface area contributed by atoms with Crippen molar-refractivity contribution in [3.63, 3.8) is 0 Å². The summed E-state index contributed by atoms with van der Waals surface area (Å²) in [6.45, 7) is 7.37. The summed E-state index contributed by atoms with van der Waals surface area (Å²) in [4.78, 5) is 4.53. The molecule has 0 aromatic carbocycles. The van der Waals surface area contributed by atoms with Crippen LogP contribution in [-0.4, -0.2) is 15.6 Å². The van der Waals surface area contributed by atoms with Gasteiger partial charge in [-0.25, -0.2) is 4.98 Å². The highest BCUT2D eigenvalue weighted by Crippen LogP contribution is 2.19. The number of aromatic nitrogens is 2. The molecule has 0 bridgehead atoms. The second-order valence-corrected chi connectivity index (χ2v) is 4.44. The summed E-state index contributed by atoms with van der Waals surface area (Å²) >= 11 is 0. The Bertz CT molecular complexity index is 310. The molecule has 14 heavy (non-hydrogen) atoms. The van der Waals surface area contributed by atoms with Crippen LogP contribution in [0.25, 0.3) is 0 Å². The average Bonchev–Trinajstić information content (AvgIpc) is 2.86.